The number of anilines is 1. The molecule has 140 valence electrons. The first-order chi connectivity index (χ1) is 12.3. The van der Waals surface area contributed by atoms with Gasteiger partial charge in [0.1, 0.15) is 0 Å². The summed E-state index contributed by atoms with van der Waals surface area (Å²) in [4.78, 5) is 1.96. The average Bonchev–Trinajstić information content (AvgIpc) is 2.95. The Morgan fingerprint density at radius 3 is 2.15 bits per heavy atom. The van der Waals surface area contributed by atoms with Crippen molar-refractivity contribution in [2.24, 2.45) is 0 Å². The second kappa shape index (κ2) is 6.69. The Hall–Kier alpha value is -2.45. The molecule has 2 aromatic rings. The van der Waals surface area contributed by atoms with Crippen LogP contribution in [0.5, 0.6) is 17.2 Å². The minimum Gasteiger partial charge on any atom is -0.493 e. The Bertz CT molecular complexity index is 916. The van der Waals surface area contributed by atoms with Crippen LogP contribution in [0.1, 0.15) is 17.2 Å². The summed E-state index contributed by atoms with van der Waals surface area (Å²) in [5.41, 5.74) is 2.71. The first-order valence-corrected chi connectivity index (χ1v) is 9.37. The first-order valence-electron chi connectivity index (χ1n) is 7.93. The third-order valence-electron chi connectivity index (χ3n) is 4.68. The van der Waals surface area contributed by atoms with Crippen molar-refractivity contribution in [3.63, 3.8) is 0 Å². The molecule has 0 aromatic heterocycles. The highest BCUT2D eigenvalue weighted by molar-refractivity contribution is 7.85. The second-order valence-corrected chi connectivity index (χ2v) is 7.48. The summed E-state index contributed by atoms with van der Waals surface area (Å²) in [5, 5.41) is 0. The number of fused-ring (bicyclic) bond motifs is 1. The van der Waals surface area contributed by atoms with Crippen molar-refractivity contribution in [2.45, 2.75) is 17.4 Å². The Kier molecular flexibility index (Phi) is 4.72. The molecular formula is C18H21NO6S. The van der Waals surface area contributed by atoms with E-state index < -0.39 is 10.1 Å². The molecule has 26 heavy (non-hydrogen) atoms. The number of methoxy groups -OCH3 is 3. The van der Waals surface area contributed by atoms with Crippen molar-refractivity contribution >= 4 is 15.8 Å². The molecule has 0 spiro atoms. The van der Waals surface area contributed by atoms with Gasteiger partial charge in [-0.05, 0) is 47.9 Å². The fourth-order valence-corrected chi connectivity index (χ4v) is 3.91. The smallest absolute Gasteiger partial charge is 0.294 e. The molecule has 0 bridgehead atoms. The molecule has 8 heteroatoms. The molecule has 2 aromatic carbocycles. The van der Waals surface area contributed by atoms with Gasteiger partial charge in [0, 0.05) is 12.7 Å². The molecule has 1 unspecified atom stereocenters. The zero-order valence-electron chi connectivity index (χ0n) is 15.0. The lowest BCUT2D eigenvalue weighted by molar-refractivity contribution is 0.323. The molecule has 1 N–H and O–H groups in total. The minimum atomic E-state index is -4.23. The number of hydrogen-bond donors (Lipinski definition) is 1. The molecule has 3 rings (SSSR count). The molecule has 0 amide bonds. The lowest BCUT2D eigenvalue weighted by Crippen LogP contribution is -2.19. The van der Waals surface area contributed by atoms with E-state index in [1.54, 1.807) is 27.4 Å². The maximum atomic E-state index is 11.4. The molecule has 7 nitrogen and oxygen atoms in total. The quantitative estimate of drug-likeness (QED) is 0.800. The van der Waals surface area contributed by atoms with Gasteiger partial charge in [0.25, 0.3) is 10.1 Å². The van der Waals surface area contributed by atoms with Crippen LogP contribution in [0, 0.1) is 0 Å². The normalized spacial score (nSPS) is 16.3. The highest BCUT2D eigenvalue weighted by Gasteiger charge is 2.30. The topological polar surface area (TPSA) is 85.3 Å². The third-order valence-corrected chi connectivity index (χ3v) is 5.53. The van der Waals surface area contributed by atoms with E-state index in [-0.39, 0.29) is 10.9 Å². The van der Waals surface area contributed by atoms with Crippen LogP contribution < -0.4 is 19.1 Å². The summed E-state index contributed by atoms with van der Waals surface area (Å²) in [5.74, 6) is 1.64. The summed E-state index contributed by atoms with van der Waals surface area (Å²) < 4.78 is 48.3. The summed E-state index contributed by atoms with van der Waals surface area (Å²) in [6.45, 7) is 0. The van der Waals surface area contributed by atoms with Crippen LogP contribution in [0.25, 0.3) is 0 Å². The lowest BCUT2D eigenvalue weighted by Gasteiger charge is -2.24. The van der Waals surface area contributed by atoms with Crippen molar-refractivity contribution in [1.82, 2.24) is 0 Å². The van der Waals surface area contributed by atoms with Crippen LogP contribution in [-0.4, -0.2) is 41.3 Å². The highest BCUT2D eigenvalue weighted by atomic mass is 32.2. The number of likely N-dealkylation sites (N-methyl/N-ethyl adjacent to an activating group) is 1. The Morgan fingerprint density at radius 2 is 1.65 bits per heavy atom. The van der Waals surface area contributed by atoms with E-state index in [0.717, 1.165) is 16.8 Å². The van der Waals surface area contributed by atoms with Crippen molar-refractivity contribution in [2.75, 3.05) is 33.3 Å². The van der Waals surface area contributed by atoms with E-state index >= 15 is 0 Å². The van der Waals surface area contributed by atoms with Crippen LogP contribution in [0.15, 0.2) is 35.2 Å². The molecule has 1 atom stereocenters. The van der Waals surface area contributed by atoms with Crippen LogP contribution in [0.4, 0.5) is 5.69 Å². The molecule has 1 aliphatic heterocycles. The van der Waals surface area contributed by atoms with Crippen LogP contribution in [0.2, 0.25) is 0 Å². The first kappa shape index (κ1) is 18.3. The van der Waals surface area contributed by atoms with E-state index in [1.165, 1.54) is 12.1 Å². The third kappa shape index (κ3) is 3.06. The van der Waals surface area contributed by atoms with Gasteiger partial charge in [0.15, 0.2) is 11.5 Å². The van der Waals surface area contributed by atoms with Gasteiger partial charge in [-0.2, -0.15) is 8.42 Å². The van der Waals surface area contributed by atoms with Gasteiger partial charge in [-0.15, -0.1) is 0 Å². The van der Waals surface area contributed by atoms with Crippen molar-refractivity contribution in [3.8, 4) is 17.2 Å². The van der Waals surface area contributed by atoms with E-state index in [1.807, 2.05) is 19.2 Å². The van der Waals surface area contributed by atoms with Crippen LogP contribution in [-0.2, 0) is 16.5 Å². The van der Waals surface area contributed by atoms with Gasteiger partial charge >= 0.3 is 0 Å². The Morgan fingerprint density at radius 1 is 1.04 bits per heavy atom. The summed E-state index contributed by atoms with van der Waals surface area (Å²) >= 11 is 0. The van der Waals surface area contributed by atoms with Gasteiger partial charge in [-0.25, -0.2) is 0 Å². The second-order valence-electron chi connectivity index (χ2n) is 6.06. The molecule has 0 aliphatic carbocycles. The average molecular weight is 379 g/mol. The largest absolute Gasteiger partial charge is 0.493 e. The standard InChI is InChI=1S/C18H21NO6S/c1-19-14-6-5-13(26(20,21)22)7-11(14)8-15(19)12-9-16(23-2)18(25-4)17(10-12)24-3/h5-7,9-10,15H,8H2,1-4H3,(H,20,21,22). The summed E-state index contributed by atoms with van der Waals surface area (Å²) in [7, 11) is 2.38. The van der Waals surface area contributed by atoms with Gasteiger partial charge in [0.2, 0.25) is 5.75 Å². The molecule has 0 saturated carbocycles. The Balaban J connectivity index is 2.03. The van der Waals surface area contributed by atoms with Gasteiger partial charge in [-0.3, -0.25) is 4.55 Å². The predicted molar refractivity (Wildman–Crippen MR) is 97.2 cm³/mol. The lowest BCUT2D eigenvalue weighted by atomic mass is 10.0. The number of hydrogen-bond acceptors (Lipinski definition) is 6. The molecule has 1 heterocycles. The van der Waals surface area contributed by atoms with E-state index in [2.05, 4.69) is 4.90 Å². The fourth-order valence-electron chi connectivity index (χ4n) is 3.38. The van der Waals surface area contributed by atoms with Crippen LogP contribution in [0.3, 0.4) is 0 Å². The van der Waals surface area contributed by atoms with Crippen molar-refractivity contribution < 1.29 is 27.2 Å². The predicted octanol–water partition coefficient (Wildman–Crippen LogP) is 2.69. The highest BCUT2D eigenvalue weighted by Crippen LogP contribution is 2.45. The van der Waals surface area contributed by atoms with Gasteiger partial charge < -0.3 is 19.1 Å². The number of rotatable bonds is 5. The van der Waals surface area contributed by atoms with Crippen molar-refractivity contribution in [1.29, 1.82) is 0 Å². The van der Waals surface area contributed by atoms with Gasteiger partial charge in [0.05, 0.1) is 32.3 Å². The van der Waals surface area contributed by atoms with Crippen molar-refractivity contribution in [3.05, 3.63) is 41.5 Å². The van der Waals surface area contributed by atoms with E-state index in [4.69, 9.17) is 14.2 Å². The minimum absolute atomic E-state index is 0.0321. The summed E-state index contributed by atoms with van der Waals surface area (Å²) in [6.07, 6.45) is 0.591. The molecular weight excluding hydrogens is 358 g/mol. The van der Waals surface area contributed by atoms with Crippen LogP contribution >= 0.6 is 0 Å². The van der Waals surface area contributed by atoms with E-state index in [9.17, 15) is 13.0 Å². The molecule has 0 fully saturated rings. The maximum absolute atomic E-state index is 11.4. The molecule has 0 radical (unpaired) electrons. The van der Waals surface area contributed by atoms with Gasteiger partial charge in [-0.1, -0.05) is 0 Å². The summed E-state index contributed by atoms with van der Waals surface area (Å²) in [6, 6.07) is 8.36. The monoisotopic (exact) mass is 379 g/mol. The zero-order valence-corrected chi connectivity index (χ0v) is 15.8. The molecule has 0 saturated heterocycles. The fraction of sp³-hybridized carbons (Fsp3) is 0.333. The molecule has 1 aliphatic rings. The van der Waals surface area contributed by atoms with E-state index in [0.29, 0.717) is 23.7 Å². The number of benzene rings is 2. The number of ether oxygens (including phenoxy) is 3. The zero-order chi connectivity index (χ0) is 19.1. The Labute approximate surface area is 152 Å². The number of nitrogens with zero attached hydrogens (tertiary/aromatic N) is 1. The maximum Gasteiger partial charge on any atom is 0.294 e. The SMILES string of the molecule is COc1cc(C2Cc3cc(S(=O)(=O)O)ccc3N2C)cc(OC)c1OC.